The number of aliphatic hydroxyl groups is 1. The van der Waals surface area contributed by atoms with Crippen molar-refractivity contribution in [1.29, 1.82) is 0 Å². The molecule has 0 radical (unpaired) electrons. The number of carbonyl (C=O) groups excluding carboxylic acids is 1. The maximum Gasteiger partial charge on any atom is 0.352 e. The van der Waals surface area contributed by atoms with Crippen LogP contribution in [0.4, 0.5) is 0 Å². The molecular formula is C13H17NO5. The van der Waals surface area contributed by atoms with Crippen LogP contribution in [0.3, 0.4) is 0 Å². The summed E-state index contributed by atoms with van der Waals surface area (Å²) in [6, 6.07) is -0.210. The number of fused-ring (bicyclic) bond motifs is 1. The summed E-state index contributed by atoms with van der Waals surface area (Å²) in [7, 11) is 0. The lowest BCUT2D eigenvalue weighted by atomic mass is 9.82. The number of carboxylic acid groups (broad SMARTS) is 1. The molecular weight excluding hydrogens is 250 g/mol. The molecule has 3 aliphatic heterocycles. The number of carboxylic acids is 1. The lowest BCUT2D eigenvalue weighted by molar-refractivity contribution is -0.161. The van der Waals surface area contributed by atoms with E-state index in [2.05, 4.69) is 0 Å². The molecule has 0 aliphatic carbocycles. The predicted molar refractivity (Wildman–Crippen MR) is 64.1 cm³/mol. The first-order valence-corrected chi connectivity index (χ1v) is 6.61. The van der Waals surface area contributed by atoms with E-state index < -0.39 is 18.0 Å². The molecule has 0 bridgehead atoms. The molecule has 0 aromatic heterocycles. The normalized spacial score (nSPS) is 35.4. The quantitative estimate of drug-likeness (QED) is 0.709. The molecule has 0 aromatic carbocycles. The molecule has 3 aliphatic rings. The lowest BCUT2D eigenvalue weighted by Crippen LogP contribution is -2.61. The number of aliphatic hydroxyl groups excluding tert-OH is 1. The summed E-state index contributed by atoms with van der Waals surface area (Å²) >= 11 is 0. The average Bonchev–Trinajstić information content (AvgIpc) is 2.92. The zero-order valence-corrected chi connectivity index (χ0v) is 10.7. The highest BCUT2D eigenvalue weighted by atomic mass is 16.5. The van der Waals surface area contributed by atoms with Crippen molar-refractivity contribution in [2.75, 3.05) is 6.61 Å². The minimum atomic E-state index is -1.08. The zero-order chi connectivity index (χ0) is 13.7. The van der Waals surface area contributed by atoms with Gasteiger partial charge >= 0.3 is 5.97 Å². The first-order valence-electron chi connectivity index (χ1n) is 6.61. The van der Waals surface area contributed by atoms with Gasteiger partial charge in [-0.25, -0.2) is 4.79 Å². The predicted octanol–water partition coefficient (Wildman–Crippen LogP) is 0.116. The van der Waals surface area contributed by atoms with E-state index in [0.29, 0.717) is 18.6 Å². The maximum atomic E-state index is 12.0. The molecule has 2 fully saturated rings. The first-order chi connectivity index (χ1) is 9.02. The number of hydrogen-bond donors (Lipinski definition) is 2. The van der Waals surface area contributed by atoms with E-state index in [-0.39, 0.29) is 23.8 Å². The third-order valence-corrected chi connectivity index (χ3v) is 4.28. The van der Waals surface area contributed by atoms with Crippen LogP contribution in [0.25, 0.3) is 0 Å². The van der Waals surface area contributed by atoms with Crippen LogP contribution in [0.1, 0.15) is 26.2 Å². The number of aliphatic carboxylic acids is 1. The first kappa shape index (κ1) is 12.6. The number of rotatable bonds is 3. The Balaban J connectivity index is 1.91. The van der Waals surface area contributed by atoms with E-state index >= 15 is 0 Å². The minimum absolute atomic E-state index is 0.0822. The van der Waals surface area contributed by atoms with E-state index in [1.807, 2.05) is 0 Å². The Morgan fingerprint density at radius 1 is 1.53 bits per heavy atom. The fourth-order valence-electron chi connectivity index (χ4n) is 3.44. The topological polar surface area (TPSA) is 87.1 Å². The van der Waals surface area contributed by atoms with Crippen molar-refractivity contribution in [1.82, 2.24) is 4.90 Å². The number of hydrogen-bond acceptors (Lipinski definition) is 4. The van der Waals surface area contributed by atoms with Gasteiger partial charge in [-0.2, -0.15) is 0 Å². The lowest BCUT2D eigenvalue weighted by Gasteiger charge is -2.44. The molecule has 0 saturated carbocycles. The summed E-state index contributed by atoms with van der Waals surface area (Å²) in [6.07, 6.45) is 1.31. The molecule has 1 amide bonds. The molecule has 0 unspecified atom stereocenters. The van der Waals surface area contributed by atoms with Gasteiger partial charge in [0.25, 0.3) is 0 Å². The van der Waals surface area contributed by atoms with Gasteiger partial charge in [-0.3, -0.25) is 4.79 Å². The Labute approximate surface area is 110 Å². The Morgan fingerprint density at radius 2 is 2.26 bits per heavy atom. The van der Waals surface area contributed by atoms with Gasteiger partial charge in [0.15, 0.2) is 0 Å². The van der Waals surface area contributed by atoms with Crippen molar-refractivity contribution in [3.8, 4) is 0 Å². The third-order valence-electron chi connectivity index (χ3n) is 4.28. The average molecular weight is 267 g/mol. The summed E-state index contributed by atoms with van der Waals surface area (Å²) < 4.78 is 5.55. The van der Waals surface area contributed by atoms with Crippen LogP contribution in [0.2, 0.25) is 0 Å². The fourth-order valence-corrected chi connectivity index (χ4v) is 3.44. The van der Waals surface area contributed by atoms with E-state index in [0.717, 1.165) is 12.8 Å². The molecule has 0 aromatic rings. The van der Waals surface area contributed by atoms with Gasteiger partial charge in [0, 0.05) is 6.61 Å². The molecule has 2 saturated heterocycles. The highest BCUT2D eigenvalue weighted by Crippen LogP contribution is 2.46. The summed E-state index contributed by atoms with van der Waals surface area (Å²) in [5, 5.41) is 19.0. The number of carbonyl (C=O) groups is 2. The molecule has 0 spiro atoms. The maximum absolute atomic E-state index is 12.0. The van der Waals surface area contributed by atoms with Crippen LogP contribution in [0.5, 0.6) is 0 Å². The van der Waals surface area contributed by atoms with Crippen molar-refractivity contribution in [2.45, 2.75) is 44.4 Å². The SMILES string of the molecule is C[C@@H](O)[C@H]1C(=O)N2C(C(=O)O)=C([C@@H]3CCCO3)C[C@H]12. The molecule has 6 heteroatoms. The number of amides is 1. The molecule has 6 nitrogen and oxygen atoms in total. The van der Waals surface area contributed by atoms with Crippen molar-refractivity contribution in [3.05, 3.63) is 11.3 Å². The smallest absolute Gasteiger partial charge is 0.352 e. The van der Waals surface area contributed by atoms with Gasteiger partial charge in [-0.15, -0.1) is 0 Å². The number of ether oxygens (including phenoxy) is 1. The van der Waals surface area contributed by atoms with E-state index in [9.17, 15) is 19.8 Å². The number of nitrogens with zero attached hydrogens (tertiary/aromatic N) is 1. The Morgan fingerprint density at radius 3 is 2.79 bits per heavy atom. The fraction of sp³-hybridized carbons (Fsp3) is 0.692. The van der Waals surface area contributed by atoms with Crippen molar-refractivity contribution in [2.24, 2.45) is 5.92 Å². The van der Waals surface area contributed by atoms with Gasteiger partial charge in [0.2, 0.25) is 5.91 Å². The van der Waals surface area contributed by atoms with Crippen molar-refractivity contribution >= 4 is 11.9 Å². The highest BCUT2D eigenvalue weighted by molar-refractivity contribution is 5.99. The summed E-state index contributed by atoms with van der Waals surface area (Å²) in [5.74, 6) is -1.84. The largest absolute Gasteiger partial charge is 0.477 e. The van der Waals surface area contributed by atoms with Crippen LogP contribution >= 0.6 is 0 Å². The minimum Gasteiger partial charge on any atom is -0.477 e. The van der Waals surface area contributed by atoms with Gasteiger partial charge < -0.3 is 19.8 Å². The Hall–Kier alpha value is -1.40. The van der Waals surface area contributed by atoms with Crippen LogP contribution < -0.4 is 0 Å². The summed E-state index contributed by atoms with van der Waals surface area (Å²) in [4.78, 5) is 24.7. The van der Waals surface area contributed by atoms with Gasteiger partial charge in [-0.1, -0.05) is 0 Å². The second-order valence-corrected chi connectivity index (χ2v) is 5.43. The highest BCUT2D eigenvalue weighted by Gasteiger charge is 2.57. The zero-order valence-electron chi connectivity index (χ0n) is 10.7. The molecule has 2 N–H and O–H groups in total. The van der Waals surface area contributed by atoms with Crippen LogP contribution in [0.15, 0.2) is 11.3 Å². The summed E-state index contributed by atoms with van der Waals surface area (Å²) in [6.45, 7) is 2.21. The van der Waals surface area contributed by atoms with Crippen molar-refractivity contribution < 1.29 is 24.5 Å². The van der Waals surface area contributed by atoms with Gasteiger partial charge in [-0.05, 0) is 31.8 Å². The second-order valence-electron chi connectivity index (χ2n) is 5.43. The Bertz CT molecular complexity index is 464. The van der Waals surface area contributed by atoms with Gasteiger partial charge in [0.1, 0.15) is 5.70 Å². The summed E-state index contributed by atoms with van der Waals surface area (Å²) in [5.41, 5.74) is 0.797. The van der Waals surface area contributed by atoms with Crippen LogP contribution in [-0.2, 0) is 14.3 Å². The Kier molecular flexibility index (Phi) is 2.87. The van der Waals surface area contributed by atoms with Crippen molar-refractivity contribution in [3.63, 3.8) is 0 Å². The molecule has 104 valence electrons. The third kappa shape index (κ3) is 1.70. The van der Waals surface area contributed by atoms with E-state index in [1.54, 1.807) is 6.92 Å². The van der Waals surface area contributed by atoms with E-state index in [4.69, 9.17) is 4.74 Å². The molecule has 3 rings (SSSR count). The van der Waals surface area contributed by atoms with Crippen LogP contribution in [-0.4, -0.2) is 51.8 Å². The standard InChI is InChI=1S/C13H17NO5/c1-6(15)10-8-5-7(9-3-2-4-19-9)11(13(17)18)14(8)12(10)16/h6,8-10,15H,2-5H2,1H3,(H,17,18)/t6-,8-,9+,10-/m1/s1. The monoisotopic (exact) mass is 267 g/mol. The van der Waals surface area contributed by atoms with Crippen LogP contribution in [0, 0.1) is 5.92 Å². The van der Waals surface area contributed by atoms with E-state index in [1.165, 1.54) is 4.90 Å². The number of β-lactam (4-membered cyclic amide) rings is 1. The molecule has 3 heterocycles. The molecule has 4 atom stereocenters. The molecule has 19 heavy (non-hydrogen) atoms. The second kappa shape index (κ2) is 4.31. The van der Waals surface area contributed by atoms with Gasteiger partial charge in [0.05, 0.1) is 24.2 Å².